The minimum atomic E-state index is 0.427. The van der Waals surface area contributed by atoms with Crippen molar-refractivity contribution in [3.8, 4) is 11.1 Å². The van der Waals surface area contributed by atoms with Crippen LogP contribution in [0.2, 0.25) is 0 Å². The van der Waals surface area contributed by atoms with E-state index in [0.717, 1.165) is 0 Å². The molecule has 0 spiro atoms. The summed E-state index contributed by atoms with van der Waals surface area (Å²) in [5.41, 5.74) is 6.20. The number of rotatable bonds is 2. The molecule has 0 amide bonds. The molecule has 2 aromatic heterocycles. The van der Waals surface area contributed by atoms with Gasteiger partial charge in [-0.2, -0.15) is 0 Å². The molecule has 126 valence electrons. The normalized spacial score (nSPS) is 11.8. The summed E-state index contributed by atoms with van der Waals surface area (Å²) < 4.78 is 0. The van der Waals surface area contributed by atoms with Crippen LogP contribution in [0.3, 0.4) is 0 Å². The molecule has 1 N–H and O–H groups in total. The van der Waals surface area contributed by atoms with Gasteiger partial charge in [-0.3, -0.25) is 4.98 Å². The SMILES string of the molecule is CC(C)c1cnccc1-c1cc2[nH]c3ccccc3c2c2ccccc12. The van der Waals surface area contributed by atoms with Gasteiger partial charge in [-0.25, -0.2) is 0 Å². The molecule has 0 saturated heterocycles. The zero-order chi connectivity index (χ0) is 17.7. The molecule has 5 aromatic rings. The number of fused-ring (bicyclic) bond motifs is 5. The van der Waals surface area contributed by atoms with Gasteiger partial charge in [0.2, 0.25) is 0 Å². The van der Waals surface area contributed by atoms with Crippen molar-refractivity contribution in [1.82, 2.24) is 9.97 Å². The number of para-hydroxylation sites is 1. The van der Waals surface area contributed by atoms with E-state index in [1.807, 2.05) is 12.4 Å². The average Bonchev–Trinajstić information content (AvgIpc) is 3.06. The van der Waals surface area contributed by atoms with Crippen molar-refractivity contribution in [3.63, 3.8) is 0 Å². The zero-order valence-electron chi connectivity index (χ0n) is 15.0. The third-order valence-electron chi connectivity index (χ3n) is 5.27. The molecular formula is C24H20N2. The average molecular weight is 336 g/mol. The maximum Gasteiger partial charge on any atom is 0.0477 e. The number of pyridine rings is 1. The van der Waals surface area contributed by atoms with Gasteiger partial charge in [-0.15, -0.1) is 0 Å². The number of benzene rings is 3. The van der Waals surface area contributed by atoms with Crippen molar-refractivity contribution in [2.45, 2.75) is 19.8 Å². The van der Waals surface area contributed by atoms with Gasteiger partial charge in [0.25, 0.3) is 0 Å². The fourth-order valence-electron chi connectivity index (χ4n) is 4.05. The number of nitrogens with zero attached hydrogens (tertiary/aromatic N) is 1. The third-order valence-corrected chi connectivity index (χ3v) is 5.27. The summed E-state index contributed by atoms with van der Waals surface area (Å²) in [4.78, 5) is 7.97. The second kappa shape index (κ2) is 5.70. The highest BCUT2D eigenvalue weighted by Gasteiger charge is 2.15. The Bertz CT molecular complexity index is 1260. The van der Waals surface area contributed by atoms with E-state index in [0.29, 0.717) is 5.92 Å². The number of nitrogens with one attached hydrogen (secondary N) is 1. The Labute approximate surface area is 152 Å². The Morgan fingerprint density at radius 1 is 0.769 bits per heavy atom. The van der Waals surface area contributed by atoms with Crippen molar-refractivity contribution in [2.24, 2.45) is 0 Å². The van der Waals surface area contributed by atoms with Crippen LogP contribution < -0.4 is 0 Å². The highest BCUT2D eigenvalue weighted by Crippen LogP contribution is 2.40. The molecule has 0 aliphatic heterocycles. The van der Waals surface area contributed by atoms with Gasteiger partial charge in [-0.05, 0) is 51.6 Å². The lowest BCUT2D eigenvalue weighted by molar-refractivity contribution is 0.861. The first-order chi connectivity index (χ1) is 12.7. The maximum absolute atomic E-state index is 4.36. The van der Waals surface area contributed by atoms with E-state index in [1.54, 1.807) is 0 Å². The fourth-order valence-corrected chi connectivity index (χ4v) is 4.05. The van der Waals surface area contributed by atoms with E-state index in [2.05, 4.69) is 84.5 Å². The molecule has 0 atom stereocenters. The van der Waals surface area contributed by atoms with Crippen LogP contribution in [0, 0.1) is 0 Å². The van der Waals surface area contributed by atoms with Crippen LogP contribution in [0.4, 0.5) is 0 Å². The van der Waals surface area contributed by atoms with Crippen molar-refractivity contribution in [2.75, 3.05) is 0 Å². The maximum atomic E-state index is 4.36. The van der Waals surface area contributed by atoms with Gasteiger partial charge in [-0.1, -0.05) is 56.3 Å². The topological polar surface area (TPSA) is 28.7 Å². The first kappa shape index (κ1) is 15.2. The van der Waals surface area contributed by atoms with Crippen LogP contribution in [-0.2, 0) is 0 Å². The lowest BCUT2D eigenvalue weighted by Gasteiger charge is -2.15. The van der Waals surface area contributed by atoms with E-state index in [4.69, 9.17) is 0 Å². The Kier molecular flexibility index (Phi) is 3.32. The molecule has 2 heteroatoms. The molecule has 0 aliphatic rings. The van der Waals surface area contributed by atoms with E-state index < -0.39 is 0 Å². The Morgan fingerprint density at radius 3 is 2.31 bits per heavy atom. The largest absolute Gasteiger partial charge is 0.354 e. The number of H-pyrrole nitrogens is 1. The lowest BCUT2D eigenvalue weighted by atomic mass is 9.90. The van der Waals surface area contributed by atoms with Crippen LogP contribution in [0.25, 0.3) is 43.7 Å². The molecule has 26 heavy (non-hydrogen) atoms. The number of aromatic amines is 1. The summed E-state index contributed by atoms with van der Waals surface area (Å²) in [6, 6.07) is 21.7. The smallest absolute Gasteiger partial charge is 0.0477 e. The molecule has 0 aliphatic carbocycles. The molecule has 5 rings (SSSR count). The third kappa shape index (κ3) is 2.15. The van der Waals surface area contributed by atoms with E-state index in [9.17, 15) is 0 Å². The van der Waals surface area contributed by atoms with Gasteiger partial charge in [0.05, 0.1) is 0 Å². The summed E-state index contributed by atoms with van der Waals surface area (Å²) in [5.74, 6) is 0.427. The van der Waals surface area contributed by atoms with E-state index in [1.165, 1.54) is 49.3 Å². The van der Waals surface area contributed by atoms with Crippen molar-refractivity contribution in [1.29, 1.82) is 0 Å². The molecule has 0 unspecified atom stereocenters. The van der Waals surface area contributed by atoms with Gasteiger partial charge < -0.3 is 4.98 Å². The molecular weight excluding hydrogens is 316 g/mol. The number of hydrogen-bond donors (Lipinski definition) is 1. The fraction of sp³-hybridized carbons (Fsp3) is 0.125. The molecule has 2 nitrogen and oxygen atoms in total. The van der Waals surface area contributed by atoms with Gasteiger partial charge >= 0.3 is 0 Å². The van der Waals surface area contributed by atoms with E-state index >= 15 is 0 Å². The highest BCUT2D eigenvalue weighted by atomic mass is 14.7. The van der Waals surface area contributed by atoms with Gasteiger partial charge in [0.1, 0.15) is 0 Å². The van der Waals surface area contributed by atoms with Gasteiger partial charge in [0, 0.05) is 34.2 Å². The van der Waals surface area contributed by atoms with Gasteiger partial charge in [0.15, 0.2) is 0 Å². The molecule has 0 radical (unpaired) electrons. The predicted molar refractivity (Wildman–Crippen MR) is 111 cm³/mol. The standard InChI is InChI=1S/C24H20N2/c1-15(2)21-14-25-12-11-17(21)20-13-23-24(18-8-4-3-7-16(18)20)19-9-5-6-10-22(19)26-23/h3-15,26H,1-2H3. The second-order valence-electron chi connectivity index (χ2n) is 7.18. The highest BCUT2D eigenvalue weighted by molar-refractivity contribution is 6.23. The molecule has 0 saturated carbocycles. The Balaban J connectivity index is 1.97. The molecule has 3 aromatic carbocycles. The minimum Gasteiger partial charge on any atom is -0.354 e. The summed E-state index contributed by atoms with van der Waals surface area (Å²) >= 11 is 0. The van der Waals surface area contributed by atoms with Crippen molar-refractivity contribution < 1.29 is 0 Å². The minimum absolute atomic E-state index is 0.427. The van der Waals surface area contributed by atoms with Crippen LogP contribution in [0.5, 0.6) is 0 Å². The van der Waals surface area contributed by atoms with E-state index in [-0.39, 0.29) is 0 Å². The van der Waals surface area contributed by atoms with Crippen molar-refractivity contribution in [3.05, 3.63) is 78.6 Å². The Morgan fingerprint density at radius 2 is 1.50 bits per heavy atom. The number of hydrogen-bond acceptors (Lipinski definition) is 1. The molecule has 0 fully saturated rings. The number of aromatic nitrogens is 2. The van der Waals surface area contributed by atoms with Crippen LogP contribution in [0.1, 0.15) is 25.3 Å². The van der Waals surface area contributed by atoms with Crippen molar-refractivity contribution >= 4 is 32.6 Å². The quantitative estimate of drug-likeness (QED) is 0.383. The first-order valence-electron chi connectivity index (χ1n) is 9.10. The Hall–Kier alpha value is -3.13. The van der Waals surface area contributed by atoms with Crippen LogP contribution >= 0.6 is 0 Å². The summed E-state index contributed by atoms with van der Waals surface area (Å²) in [6.07, 6.45) is 3.90. The summed E-state index contributed by atoms with van der Waals surface area (Å²) in [6.45, 7) is 4.45. The lowest BCUT2D eigenvalue weighted by Crippen LogP contribution is -1.94. The molecule has 0 bridgehead atoms. The van der Waals surface area contributed by atoms with Crippen LogP contribution in [-0.4, -0.2) is 9.97 Å². The second-order valence-corrected chi connectivity index (χ2v) is 7.18. The molecule has 2 heterocycles. The first-order valence-corrected chi connectivity index (χ1v) is 9.10. The monoisotopic (exact) mass is 336 g/mol. The summed E-state index contributed by atoms with van der Waals surface area (Å²) in [5, 5.41) is 5.17. The zero-order valence-corrected chi connectivity index (χ0v) is 15.0. The predicted octanol–water partition coefficient (Wildman–Crippen LogP) is 6.66. The summed E-state index contributed by atoms with van der Waals surface area (Å²) in [7, 11) is 0. The van der Waals surface area contributed by atoms with Crippen LogP contribution in [0.15, 0.2) is 73.1 Å².